The van der Waals surface area contributed by atoms with Crippen LogP contribution >= 0.6 is 11.8 Å². The van der Waals surface area contributed by atoms with Gasteiger partial charge < -0.3 is 14.5 Å². The summed E-state index contributed by atoms with van der Waals surface area (Å²) in [6.45, 7) is 14.1. The lowest BCUT2D eigenvalue weighted by Crippen LogP contribution is -2.62. The van der Waals surface area contributed by atoms with E-state index in [-0.39, 0.29) is 33.8 Å². The van der Waals surface area contributed by atoms with Gasteiger partial charge in [0.25, 0.3) is 0 Å². The minimum atomic E-state index is -1.84. The van der Waals surface area contributed by atoms with E-state index in [2.05, 4.69) is 39.2 Å². The number of nitrogens with one attached hydrogen (secondary N) is 1. The highest BCUT2D eigenvalue weighted by Crippen LogP contribution is 2.41. The molecule has 0 aliphatic carbocycles. The molecule has 21 heavy (non-hydrogen) atoms. The Morgan fingerprint density at radius 1 is 1.43 bits per heavy atom. The minimum absolute atomic E-state index is 0.0291. The zero-order valence-corrected chi connectivity index (χ0v) is 15.9. The van der Waals surface area contributed by atoms with Gasteiger partial charge in [0.15, 0.2) is 8.32 Å². The highest BCUT2D eigenvalue weighted by Gasteiger charge is 2.48. The zero-order chi connectivity index (χ0) is 15.8. The van der Waals surface area contributed by atoms with Gasteiger partial charge in [0.05, 0.1) is 17.4 Å². The molecule has 0 saturated carbocycles. The van der Waals surface area contributed by atoms with Gasteiger partial charge in [-0.1, -0.05) is 20.8 Å². The molecule has 0 aromatic heterocycles. The highest BCUT2D eigenvalue weighted by atomic mass is 32.2. The van der Waals surface area contributed by atoms with Crippen LogP contribution in [0, 0.1) is 5.92 Å². The predicted octanol–water partition coefficient (Wildman–Crippen LogP) is 3.34. The SMILES string of the molecule is C[C@@H](O[Si](C)(C)C(C)(C)C)[C@H]1C(=O)N[C@@H]1S[C@@H]1CCCO1. The molecule has 0 radical (unpaired) electrons. The van der Waals surface area contributed by atoms with Crippen LogP contribution in [0.2, 0.25) is 18.1 Å². The summed E-state index contributed by atoms with van der Waals surface area (Å²) in [5.41, 5.74) is 0.234. The number of hydrogen-bond acceptors (Lipinski definition) is 4. The topological polar surface area (TPSA) is 47.6 Å². The first kappa shape index (κ1) is 17.3. The summed E-state index contributed by atoms with van der Waals surface area (Å²) in [4.78, 5) is 12.0. The van der Waals surface area contributed by atoms with E-state index in [4.69, 9.17) is 9.16 Å². The van der Waals surface area contributed by atoms with Gasteiger partial charge in [0.1, 0.15) is 5.44 Å². The van der Waals surface area contributed by atoms with Gasteiger partial charge in [0, 0.05) is 6.61 Å². The highest BCUT2D eigenvalue weighted by molar-refractivity contribution is 8.00. The van der Waals surface area contributed by atoms with Crippen LogP contribution in [0.1, 0.15) is 40.5 Å². The number of carbonyl (C=O) groups excluding carboxylic acids is 1. The first-order valence-corrected chi connectivity index (χ1v) is 11.7. The summed E-state index contributed by atoms with van der Waals surface area (Å²) < 4.78 is 12.1. The lowest BCUT2D eigenvalue weighted by Gasteiger charge is -2.45. The Kier molecular flexibility index (Phi) is 5.13. The van der Waals surface area contributed by atoms with Crippen molar-refractivity contribution in [3.05, 3.63) is 0 Å². The predicted molar refractivity (Wildman–Crippen MR) is 89.7 cm³/mol. The number of rotatable bonds is 5. The Labute approximate surface area is 133 Å². The van der Waals surface area contributed by atoms with E-state index < -0.39 is 8.32 Å². The van der Waals surface area contributed by atoms with Crippen molar-refractivity contribution >= 4 is 26.0 Å². The molecule has 4 nitrogen and oxygen atoms in total. The Balaban J connectivity index is 1.93. The van der Waals surface area contributed by atoms with Crippen molar-refractivity contribution in [2.45, 2.75) is 75.6 Å². The first-order chi connectivity index (χ1) is 9.62. The largest absolute Gasteiger partial charge is 0.413 e. The van der Waals surface area contributed by atoms with Crippen LogP contribution in [0.4, 0.5) is 0 Å². The Bertz CT molecular complexity index is 391. The molecule has 0 aromatic carbocycles. The van der Waals surface area contributed by atoms with Gasteiger partial charge in [-0.05, 0) is 37.9 Å². The fourth-order valence-electron chi connectivity index (χ4n) is 2.48. The van der Waals surface area contributed by atoms with Crippen LogP contribution in [0.3, 0.4) is 0 Å². The van der Waals surface area contributed by atoms with Crippen molar-refractivity contribution in [3.63, 3.8) is 0 Å². The van der Waals surface area contributed by atoms with E-state index in [1.807, 2.05) is 6.92 Å². The van der Waals surface area contributed by atoms with Crippen molar-refractivity contribution in [1.29, 1.82) is 0 Å². The molecule has 2 aliphatic heterocycles. The zero-order valence-electron chi connectivity index (χ0n) is 14.1. The third kappa shape index (κ3) is 3.84. The van der Waals surface area contributed by atoms with E-state index in [0.717, 1.165) is 19.4 Å². The molecule has 2 saturated heterocycles. The molecule has 0 bridgehead atoms. The maximum absolute atomic E-state index is 12.0. The molecule has 0 unspecified atom stereocenters. The second kappa shape index (κ2) is 6.22. The minimum Gasteiger partial charge on any atom is -0.413 e. The number of hydrogen-bond donors (Lipinski definition) is 1. The van der Waals surface area contributed by atoms with E-state index in [9.17, 15) is 4.79 Å². The summed E-state index contributed by atoms with van der Waals surface area (Å²) in [6.07, 6.45) is 2.18. The normalized spacial score (nSPS) is 31.7. The standard InChI is InChI=1S/C15H29NO3SSi/c1-10(19-21(5,6)15(2,3)4)12-13(17)16-14(12)20-11-8-7-9-18-11/h10-12,14H,7-9H2,1-6H3,(H,16,17)/t10-,11-,12+,14-/m1/s1. The maximum atomic E-state index is 12.0. The molecule has 2 fully saturated rings. The molecular formula is C15H29NO3SSi. The average Bonchev–Trinajstić information content (AvgIpc) is 2.78. The number of amides is 1. The van der Waals surface area contributed by atoms with Crippen LogP contribution in [0.5, 0.6) is 0 Å². The fourth-order valence-corrected chi connectivity index (χ4v) is 5.41. The monoisotopic (exact) mass is 331 g/mol. The summed E-state index contributed by atoms with van der Waals surface area (Å²) in [6, 6.07) is 0. The molecule has 2 rings (SSSR count). The van der Waals surface area contributed by atoms with E-state index in [1.165, 1.54) is 0 Å². The lowest BCUT2D eigenvalue weighted by atomic mass is 9.96. The van der Waals surface area contributed by atoms with E-state index >= 15 is 0 Å². The van der Waals surface area contributed by atoms with Crippen LogP contribution in [-0.4, -0.2) is 37.7 Å². The van der Waals surface area contributed by atoms with Gasteiger partial charge in [-0.3, -0.25) is 4.79 Å². The molecule has 6 heteroatoms. The molecule has 1 amide bonds. The molecule has 122 valence electrons. The Hall–Kier alpha value is -0.0431. The molecule has 2 aliphatic rings. The summed E-state index contributed by atoms with van der Waals surface area (Å²) in [7, 11) is -1.84. The van der Waals surface area contributed by atoms with Crippen molar-refractivity contribution in [3.8, 4) is 0 Å². The summed E-state index contributed by atoms with van der Waals surface area (Å²) in [5, 5.41) is 3.31. The maximum Gasteiger partial charge on any atom is 0.229 e. The van der Waals surface area contributed by atoms with Gasteiger partial charge in [-0.2, -0.15) is 0 Å². The van der Waals surface area contributed by atoms with Crippen molar-refractivity contribution in [1.82, 2.24) is 5.32 Å². The average molecular weight is 332 g/mol. The van der Waals surface area contributed by atoms with Crippen molar-refractivity contribution < 1.29 is 14.0 Å². The van der Waals surface area contributed by atoms with Gasteiger partial charge >= 0.3 is 0 Å². The lowest BCUT2D eigenvalue weighted by molar-refractivity contribution is -0.136. The summed E-state index contributed by atoms with van der Waals surface area (Å²) >= 11 is 1.75. The van der Waals surface area contributed by atoms with Crippen molar-refractivity contribution in [2.24, 2.45) is 5.92 Å². The fraction of sp³-hybridized carbons (Fsp3) is 0.933. The van der Waals surface area contributed by atoms with Crippen LogP contribution in [0.25, 0.3) is 0 Å². The third-order valence-electron chi connectivity index (χ3n) is 4.89. The molecular weight excluding hydrogens is 302 g/mol. The molecule has 0 spiro atoms. The smallest absolute Gasteiger partial charge is 0.229 e. The van der Waals surface area contributed by atoms with Gasteiger partial charge in [0.2, 0.25) is 5.91 Å². The third-order valence-corrected chi connectivity index (χ3v) is 10.8. The van der Waals surface area contributed by atoms with Crippen LogP contribution in [-0.2, 0) is 14.0 Å². The van der Waals surface area contributed by atoms with Crippen molar-refractivity contribution in [2.75, 3.05) is 6.61 Å². The van der Waals surface area contributed by atoms with E-state index in [0.29, 0.717) is 0 Å². The Morgan fingerprint density at radius 3 is 2.57 bits per heavy atom. The van der Waals surface area contributed by atoms with Gasteiger partial charge in [-0.15, -0.1) is 11.8 Å². The number of thioether (sulfide) groups is 1. The number of carbonyl (C=O) groups is 1. The van der Waals surface area contributed by atoms with Gasteiger partial charge in [-0.25, -0.2) is 0 Å². The number of ether oxygens (including phenoxy) is 1. The second-order valence-electron chi connectivity index (χ2n) is 7.62. The summed E-state index contributed by atoms with van der Waals surface area (Å²) in [5.74, 6) is 0.0741. The number of β-lactam (4-membered cyclic amide) rings is 1. The first-order valence-electron chi connectivity index (χ1n) is 7.87. The molecule has 4 atom stereocenters. The van der Waals surface area contributed by atoms with Crippen LogP contribution in [0.15, 0.2) is 0 Å². The Morgan fingerprint density at radius 2 is 2.10 bits per heavy atom. The molecule has 1 N–H and O–H groups in total. The molecule has 0 aromatic rings. The second-order valence-corrected chi connectivity index (χ2v) is 13.7. The quantitative estimate of drug-likeness (QED) is 0.620. The van der Waals surface area contributed by atoms with Crippen LogP contribution < -0.4 is 5.32 Å². The van der Waals surface area contributed by atoms with E-state index in [1.54, 1.807) is 11.8 Å². The molecule has 2 heterocycles.